The van der Waals surface area contributed by atoms with Crippen molar-refractivity contribution in [3.8, 4) is 0 Å². The van der Waals surface area contributed by atoms with Crippen molar-refractivity contribution in [1.29, 1.82) is 0 Å². The lowest BCUT2D eigenvalue weighted by Gasteiger charge is -2.34. The Morgan fingerprint density at radius 3 is 2.65 bits per heavy atom. The minimum atomic E-state index is -0.132. The number of carbonyl (C=O) groups excluding carboxylic acids is 1. The Labute approximate surface area is 143 Å². The van der Waals surface area contributed by atoms with Crippen LogP contribution in [0.3, 0.4) is 0 Å². The lowest BCUT2D eigenvalue weighted by molar-refractivity contribution is -0.124. The van der Waals surface area contributed by atoms with Crippen LogP contribution >= 0.6 is 12.4 Å². The molecule has 0 aromatic heterocycles. The molecule has 1 saturated heterocycles. The van der Waals surface area contributed by atoms with Crippen LogP contribution in [-0.4, -0.2) is 25.5 Å². The molecule has 1 aliphatic carbocycles. The molecule has 3 aliphatic rings. The number of hydrogen-bond donors (Lipinski definition) is 1. The highest BCUT2D eigenvalue weighted by molar-refractivity contribution is 5.98. The van der Waals surface area contributed by atoms with Gasteiger partial charge in [0.25, 0.3) is 0 Å². The molecule has 0 bridgehead atoms. The van der Waals surface area contributed by atoms with Crippen LogP contribution in [0.25, 0.3) is 0 Å². The molecule has 1 aromatic rings. The maximum Gasteiger partial charge on any atom is 0.230 e. The molecule has 4 rings (SSSR count). The van der Waals surface area contributed by atoms with Gasteiger partial charge in [-0.3, -0.25) is 4.79 Å². The molecule has 2 fully saturated rings. The van der Waals surface area contributed by atoms with Crippen LogP contribution in [0, 0.1) is 17.7 Å². The Hall–Kier alpha value is -1.13. The number of anilines is 1. The summed E-state index contributed by atoms with van der Waals surface area (Å²) in [4.78, 5) is 14.9. The predicted octanol–water partition coefficient (Wildman–Crippen LogP) is 3.26. The molecule has 1 N–H and O–H groups in total. The third-order valence-corrected chi connectivity index (χ3v) is 6.01. The standard InChI is InChI=1S/C18H23FN2O.ClH/c1-12(13-9-20-10-13)17(22)21-11-18(7-2-3-8-18)16-14(19)5-4-6-15(16)21;/h4-6,12-13,20H,2-3,7-11H2,1H3;1H. The number of fused-ring (bicyclic) bond motifs is 2. The Balaban J connectivity index is 0.00000156. The highest BCUT2D eigenvalue weighted by atomic mass is 35.5. The van der Waals surface area contributed by atoms with Gasteiger partial charge >= 0.3 is 0 Å². The zero-order valence-electron chi connectivity index (χ0n) is 13.5. The number of hydrogen-bond acceptors (Lipinski definition) is 2. The quantitative estimate of drug-likeness (QED) is 0.897. The second-order valence-electron chi connectivity index (χ2n) is 7.25. The maximum absolute atomic E-state index is 14.5. The van der Waals surface area contributed by atoms with Crippen LogP contribution in [0.4, 0.5) is 10.1 Å². The Morgan fingerprint density at radius 2 is 2.04 bits per heavy atom. The fourth-order valence-corrected chi connectivity index (χ4v) is 4.50. The zero-order valence-corrected chi connectivity index (χ0v) is 14.3. The second-order valence-corrected chi connectivity index (χ2v) is 7.25. The molecular weight excluding hydrogens is 315 g/mol. The Morgan fingerprint density at radius 1 is 1.35 bits per heavy atom. The molecule has 1 unspecified atom stereocenters. The van der Waals surface area contributed by atoms with E-state index in [-0.39, 0.29) is 35.5 Å². The van der Waals surface area contributed by atoms with Gasteiger partial charge in [0.1, 0.15) is 5.82 Å². The third kappa shape index (κ3) is 2.47. The monoisotopic (exact) mass is 338 g/mol. The lowest BCUT2D eigenvalue weighted by Crippen LogP contribution is -2.50. The van der Waals surface area contributed by atoms with E-state index in [2.05, 4.69) is 5.32 Å². The summed E-state index contributed by atoms with van der Waals surface area (Å²) < 4.78 is 14.5. The maximum atomic E-state index is 14.5. The van der Waals surface area contributed by atoms with Crippen molar-refractivity contribution < 1.29 is 9.18 Å². The van der Waals surface area contributed by atoms with E-state index >= 15 is 0 Å². The average Bonchev–Trinajstić information content (AvgIpc) is 3.03. The number of halogens is 2. The van der Waals surface area contributed by atoms with E-state index in [4.69, 9.17) is 0 Å². The molecule has 1 aromatic carbocycles. The van der Waals surface area contributed by atoms with Crippen LogP contribution in [0.2, 0.25) is 0 Å². The summed E-state index contributed by atoms with van der Waals surface area (Å²) >= 11 is 0. The first-order valence-corrected chi connectivity index (χ1v) is 8.43. The van der Waals surface area contributed by atoms with E-state index in [9.17, 15) is 9.18 Å². The normalized spacial score (nSPS) is 23.3. The minimum absolute atomic E-state index is 0. The first kappa shape index (κ1) is 16.7. The highest BCUT2D eigenvalue weighted by Crippen LogP contribution is 2.51. The Bertz CT molecular complexity index is 611. The van der Waals surface area contributed by atoms with Gasteiger partial charge in [-0.1, -0.05) is 25.8 Å². The fourth-order valence-electron chi connectivity index (χ4n) is 4.50. The van der Waals surface area contributed by atoms with Gasteiger partial charge < -0.3 is 10.2 Å². The molecule has 3 nitrogen and oxygen atoms in total. The van der Waals surface area contributed by atoms with Crippen molar-refractivity contribution >= 4 is 24.0 Å². The number of nitrogens with zero attached hydrogens (tertiary/aromatic N) is 1. The number of carbonyl (C=O) groups is 1. The van der Waals surface area contributed by atoms with E-state index in [1.165, 1.54) is 0 Å². The van der Waals surface area contributed by atoms with Gasteiger partial charge in [0.05, 0.1) is 5.69 Å². The highest BCUT2D eigenvalue weighted by Gasteiger charge is 2.49. The second kappa shape index (κ2) is 6.06. The van der Waals surface area contributed by atoms with E-state index in [1.54, 1.807) is 12.1 Å². The van der Waals surface area contributed by atoms with Crippen molar-refractivity contribution in [2.45, 2.75) is 38.0 Å². The molecule has 126 valence electrons. The summed E-state index contributed by atoms with van der Waals surface area (Å²) in [7, 11) is 0. The predicted molar refractivity (Wildman–Crippen MR) is 91.7 cm³/mol. The van der Waals surface area contributed by atoms with Crippen molar-refractivity contribution in [3.63, 3.8) is 0 Å². The topological polar surface area (TPSA) is 32.3 Å². The van der Waals surface area contributed by atoms with Crippen LogP contribution < -0.4 is 10.2 Å². The molecule has 2 heterocycles. The van der Waals surface area contributed by atoms with E-state index in [1.807, 2.05) is 17.9 Å². The fraction of sp³-hybridized carbons (Fsp3) is 0.611. The van der Waals surface area contributed by atoms with Gasteiger partial charge in [-0.05, 0) is 44.0 Å². The van der Waals surface area contributed by atoms with Gasteiger partial charge in [0.15, 0.2) is 0 Å². The van der Waals surface area contributed by atoms with Crippen LogP contribution in [0.15, 0.2) is 18.2 Å². The lowest BCUT2D eigenvalue weighted by atomic mass is 9.80. The minimum Gasteiger partial charge on any atom is -0.316 e. The number of benzene rings is 1. The van der Waals surface area contributed by atoms with Crippen molar-refractivity contribution in [1.82, 2.24) is 5.32 Å². The molecule has 1 spiro atoms. The summed E-state index contributed by atoms with van der Waals surface area (Å²) in [6.45, 7) is 4.53. The van der Waals surface area contributed by atoms with Gasteiger partial charge in [-0.15, -0.1) is 12.4 Å². The molecule has 1 saturated carbocycles. The van der Waals surface area contributed by atoms with Crippen molar-refractivity contribution in [2.24, 2.45) is 11.8 Å². The van der Waals surface area contributed by atoms with E-state index < -0.39 is 0 Å². The zero-order chi connectivity index (χ0) is 15.3. The van der Waals surface area contributed by atoms with Gasteiger partial charge in [-0.25, -0.2) is 4.39 Å². The van der Waals surface area contributed by atoms with Crippen LogP contribution in [0.1, 0.15) is 38.2 Å². The number of nitrogens with one attached hydrogen (secondary N) is 1. The third-order valence-electron chi connectivity index (χ3n) is 6.01. The summed E-state index contributed by atoms with van der Waals surface area (Å²) in [5.74, 6) is 0.466. The summed E-state index contributed by atoms with van der Waals surface area (Å²) in [5, 5.41) is 3.23. The smallest absolute Gasteiger partial charge is 0.230 e. The van der Waals surface area contributed by atoms with Gasteiger partial charge in [0.2, 0.25) is 5.91 Å². The van der Waals surface area contributed by atoms with Crippen LogP contribution in [-0.2, 0) is 10.2 Å². The average molecular weight is 339 g/mol. The number of rotatable bonds is 2. The summed E-state index contributed by atoms with van der Waals surface area (Å²) in [6, 6.07) is 5.21. The summed E-state index contributed by atoms with van der Waals surface area (Å²) in [5.41, 5.74) is 1.50. The first-order valence-electron chi connectivity index (χ1n) is 8.43. The molecule has 1 amide bonds. The SMILES string of the molecule is CC(C(=O)N1CC2(CCCC2)c2c(F)cccc21)C1CNC1.Cl. The Kier molecular flexibility index (Phi) is 4.41. The molecule has 23 heavy (non-hydrogen) atoms. The molecule has 2 aliphatic heterocycles. The van der Waals surface area contributed by atoms with Crippen molar-refractivity contribution in [2.75, 3.05) is 24.5 Å². The molecule has 1 atom stereocenters. The van der Waals surface area contributed by atoms with Crippen molar-refractivity contribution in [3.05, 3.63) is 29.6 Å². The first-order chi connectivity index (χ1) is 10.6. The van der Waals surface area contributed by atoms with Gasteiger partial charge in [-0.2, -0.15) is 0 Å². The molecular formula is C18H24ClFN2O. The summed E-state index contributed by atoms with van der Waals surface area (Å²) in [6.07, 6.45) is 4.28. The van der Waals surface area contributed by atoms with Crippen LogP contribution in [0.5, 0.6) is 0 Å². The van der Waals surface area contributed by atoms with E-state index in [0.717, 1.165) is 50.0 Å². The number of amides is 1. The van der Waals surface area contributed by atoms with Gasteiger partial charge in [0, 0.05) is 23.4 Å². The largest absolute Gasteiger partial charge is 0.316 e. The van der Waals surface area contributed by atoms with E-state index in [0.29, 0.717) is 12.5 Å². The molecule has 5 heteroatoms. The molecule has 0 radical (unpaired) electrons.